The zero-order valence-corrected chi connectivity index (χ0v) is 12.3. The van der Waals surface area contributed by atoms with Crippen molar-refractivity contribution in [2.24, 2.45) is 0 Å². The Balaban J connectivity index is 2.13. The highest BCUT2D eigenvalue weighted by Crippen LogP contribution is 2.27. The number of aromatic nitrogens is 2. The molecule has 1 aromatic carbocycles. The van der Waals surface area contributed by atoms with Crippen LogP contribution in [-0.2, 0) is 4.79 Å². The zero-order valence-electron chi connectivity index (χ0n) is 12.3. The molecule has 0 saturated heterocycles. The predicted octanol–water partition coefficient (Wildman–Crippen LogP) is 2.97. The average Bonchev–Trinajstić information content (AvgIpc) is 2.42. The molecule has 0 radical (unpaired) electrons. The lowest BCUT2D eigenvalue weighted by atomic mass is 10.3. The molecule has 0 spiro atoms. The largest absolute Gasteiger partial charge is 0.489 e. The molecule has 0 atom stereocenters. The predicted molar refractivity (Wildman–Crippen MR) is 81.8 cm³/mol. The molecule has 0 aliphatic heterocycles. The van der Waals surface area contributed by atoms with Crippen molar-refractivity contribution in [2.45, 2.75) is 26.9 Å². The van der Waals surface area contributed by atoms with Crippen LogP contribution in [0.3, 0.4) is 0 Å². The summed E-state index contributed by atoms with van der Waals surface area (Å²) < 4.78 is 5.73. The van der Waals surface area contributed by atoms with Crippen LogP contribution in [0.4, 0.5) is 17.3 Å². The van der Waals surface area contributed by atoms with Crippen LogP contribution in [0, 0.1) is 0 Å². The SMILES string of the molecule is CC(=O)Nc1ccc(Nc2ccccc2OC(C)C)nn1. The van der Waals surface area contributed by atoms with Crippen LogP contribution in [0.5, 0.6) is 5.75 Å². The monoisotopic (exact) mass is 286 g/mol. The number of nitrogens with one attached hydrogen (secondary N) is 2. The van der Waals surface area contributed by atoms with E-state index >= 15 is 0 Å². The summed E-state index contributed by atoms with van der Waals surface area (Å²) in [4.78, 5) is 10.9. The van der Waals surface area contributed by atoms with Gasteiger partial charge < -0.3 is 15.4 Å². The van der Waals surface area contributed by atoms with Gasteiger partial charge in [-0.05, 0) is 38.1 Å². The molecule has 0 saturated carbocycles. The number of carbonyl (C=O) groups is 1. The van der Waals surface area contributed by atoms with Gasteiger partial charge in [-0.25, -0.2) is 0 Å². The van der Waals surface area contributed by atoms with Gasteiger partial charge in [-0.3, -0.25) is 4.79 Å². The summed E-state index contributed by atoms with van der Waals surface area (Å²) in [6, 6.07) is 11.0. The zero-order chi connectivity index (χ0) is 15.2. The molecular weight excluding hydrogens is 268 g/mol. The highest BCUT2D eigenvalue weighted by atomic mass is 16.5. The second kappa shape index (κ2) is 6.69. The van der Waals surface area contributed by atoms with E-state index < -0.39 is 0 Å². The number of rotatable bonds is 5. The van der Waals surface area contributed by atoms with Gasteiger partial charge in [0, 0.05) is 6.92 Å². The molecule has 0 unspecified atom stereocenters. The molecule has 6 heteroatoms. The van der Waals surface area contributed by atoms with Crippen LogP contribution in [0.1, 0.15) is 20.8 Å². The lowest BCUT2D eigenvalue weighted by Crippen LogP contribution is -2.09. The third-order valence-electron chi connectivity index (χ3n) is 2.48. The molecule has 2 N–H and O–H groups in total. The van der Waals surface area contributed by atoms with Gasteiger partial charge in [0.1, 0.15) is 5.75 Å². The van der Waals surface area contributed by atoms with E-state index in [4.69, 9.17) is 4.74 Å². The summed E-state index contributed by atoms with van der Waals surface area (Å²) in [7, 11) is 0. The van der Waals surface area contributed by atoms with Crippen LogP contribution < -0.4 is 15.4 Å². The van der Waals surface area contributed by atoms with Crippen LogP contribution in [0.15, 0.2) is 36.4 Å². The molecule has 0 aliphatic rings. The first kappa shape index (κ1) is 14.8. The fraction of sp³-hybridized carbons (Fsp3) is 0.267. The summed E-state index contributed by atoms with van der Waals surface area (Å²) in [5.41, 5.74) is 0.813. The van der Waals surface area contributed by atoms with Crippen molar-refractivity contribution in [3.63, 3.8) is 0 Å². The Morgan fingerprint density at radius 2 is 1.76 bits per heavy atom. The fourth-order valence-electron chi connectivity index (χ4n) is 1.71. The van der Waals surface area contributed by atoms with Crippen LogP contribution in [-0.4, -0.2) is 22.2 Å². The van der Waals surface area contributed by atoms with Crippen molar-refractivity contribution in [3.05, 3.63) is 36.4 Å². The molecule has 6 nitrogen and oxygen atoms in total. The number of anilines is 3. The molecule has 21 heavy (non-hydrogen) atoms. The molecule has 1 aromatic heterocycles. The van der Waals surface area contributed by atoms with Crippen LogP contribution >= 0.6 is 0 Å². The highest BCUT2D eigenvalue weighted by molar-refractivity contribution is 5.87. The Kier molecular flexibility index (Phi) is 4.71. The van der Waals surface area contributed by atoms with E-state index in [2.05, 4.69) is 20.8 Å². The number of ether oxygens (including phenoxy) is 1. The summed E-state index contributed by atoms with van der Waals surface area (Å²) in [6.07, 6.45) is 0.0844. The van der Waals surface area contributed by atoms with E-state index in [0.29, 0.717) is 11.6 Å². The fourth-order valence-corrected chi connectivity index (χ4v) is 1.71. The number of hydrogen-bond donors (Lipinski definition) is 2. The summed E-state index contributed by atoms with van der Waals surface area (Å²) >= 11 is 0. The van der Waals surface area contributed by atoms with E-state index in [1.54, 1.807) is 12.1 Å². The van der Waals surface area contributed by atoms with Crippen LogP contribution in [0.25, 0.3) is 0 Å². The second-order valence-electron chi connectivity index (χ2n) is 4.77. The van der Waals surface area contributed by atoms with Gasteiger partial charge in [0.15, 0.2) is 11.6 Å². The minimum absolute atomic E-state index is 0.0844. The van der Waals surface area contributed by atoms with Crippen molar-refractivity contribution in [3.8, 4) is 5.75 Å². The number of amides is 1. The minimum atomic E-state index is -0.180. The van der Waals surface area contributed by atoms with Gasteiger partial charge in [0.2, 0.25) is 5.91 Å². The topological polar surface area (TPSA) is 76.1 Å². The van der Waals surface area contributed by atoms with Crippen molar-refractivity contribution >= 4 is 23.2 Å². The Labute approximate surface area is 123 Å². The van der Waals surface area contributed by atoms with Crippen molar-refractivity contribution < 1.29 is 9.53 Å². The first-order valence-electron chi connectivity index (χ1n) is 6.68. The van der Waals surface area contributed by atoms with E-state index in [-0.39, 0.29) is 12.0 Å². The van der Waals surface area contributed by atoms with Gasteiger partial charge in [0.25, 0.3) is 0 Å². The summed E-state index contributed by atoms with van der Waals surface area (Å²) in [6.45, 7) is 5.37. The second-order valence-corrected chi connectivity index (χ2v) is 4.77. The van der Waals surface area contributed by atoms with Gasteiger partial charge in [-0.1, -0.05) is 12.1 Å². The smallest absolute Gasteiger partial charge is 0.222 e. The van der Waals surface area contributed by atoms with Crippen molar-refractivity contribution in [1.82, 2.24) is 10.2 Å². The molecule has 0 fully saturated rings. The first-order valence-corrected chi connectivity index (χ1v) is 6.68. The molecule has 2 aromatic rings. The first-order chi connectivity index (χ1) is 10.0. The number of carbonyl (C=O) groups excluding carboxylic acids is 1. The van der Waals surface area contributed by atoms with Gasteiger partial charge >= 0.3 is 0 Å². The van der Waals surface area contributed by atoms with Gasteiger partial charge in [0.05, 0.1) is 11.8 Å². The number of benzene rings is 1. The van der Waals surface area contributed by atoms with E-state index in [1.165, 1.54) is 6.92 Å². The molecule has 110 valence electrons. The van der Waals surface area contributed by atoms with E-state index in [0.717, 1.165) is 11.4 Å². The molecule has 2 rings (SSSR count). The Morgan fingerprint density at radius 3 is 2.38 bits per heavy atom. The highest BCUT2D eigenvalue weighted by Gasteiger charge is 2.06. The quantitative estimate of drug-likeness (QED) is 0.883. The molecule has 0 bridgehead atoms. The average molecular weight is 286 g/mol. The molecular formula is C15H18N4O2. The van der Waals surface area contributed by atoms with Gasteiger partial charge in [-0.15, -0.1) is 10.2 Å². The summed E-state index contributed by atoms with van der Waals surface area (Å²) in [5.74, 6) is 1.56. The Bertz CT molecular complexity index is 611. The van der Waals surface area contributed by atoms with Crippen molar-refractivity contribution in [2.75, 3.05) is 10.6 Å². The van der Waals surface area contributed by atoms with Crippen LogP contribution in [0.2, 0.25) is 0 Å². The lowest BCUT2D eigenvalue weighted by Gasteiger charge is -2.14. The Hall–Kier alpha value is -2.63. The number of hydrogen-bond acceptors (Lipinski definition) is 5. The third kappa shape index (κ3) is 4.45. The Morgan fingerprint density at radius 1 is 1.10 bits per heavy atom. The van der Waals surface area contributed by atoms with Crippen molar-refractivity contribution in [1.29, 1.82) is 0 Å². The molecule has 0 aliphatic carbocycles. The maximum atomic E-state index is 10.9. The maximum absolute atomic E-state index is 10.9. The third-order valence-corrected chi connectivity index (χ3v) is 2.48. The number of nitrogens with zero attached hydrogens (tertiary/aromatic N) is 2. The summed E-state index contributed by atoms with van der Waals surface area (Å²) in [5, 5.41) is 13.7. The normalized spacial score (nSPS) is 10.3. The lowest BCUT2D eigenvalue weighted by molar-refractivity contribution is -0.114. The number of para-hydroxylation sites is 2. The molecule has 1 amide bonds. The standard InChI is InChI=1S/C15H18N4O2/c1-10(2)21-13-7-5-4-6-12(13)17-15-9-8-14(18-19-15)16-11(3)20/h4-10H,1-3H3,(H,17,19)(H,16,18,20). The van der Waals surface area contributed by atoms with Gasteiger partial charge in [-0.2, -0.15) is 0 Å². The minimum Gasteiger partial charge on any atom is -0.489 e. The maximum Gasteiger partial charge on any atom is 0.222 e. The molecule has 1 heterocycles. The van der Waals surface area contributed by atoms with E-state index in [9.17, 15) is 4.79 Å². The van der Waals surface area contributed by atoms with E-state index in [1.807, 2.05) is 38.1 Å².